The number of rotatable bonds is 9. The number of carbonyl (C=O) groups is 2. The van der Waals surface area contributed by atoms with Gasteiger partial charge in [0.05, 0.1) is 16.9 Å². The molecule has 8 heteroatoms. The van der Waals surface area contributed by atoms with Crippen molar-refractivity contribution in [2.24, 2.45) is 11.8 Å². The second-order valence-electron chi connectivity index (χ2n) is 7.42. The van der Waals surface area contributed by atoms with Gasteiger partial charge in [-0.15, -0.1) is 0 Å². The van der Waals surface area contributed by atoms with E-state index >= 15 is 0 Å². The molecule has 1 amide bonds. The molecule has 1 aliphatic rings. The molecule has 0 bridgehead atoms. The first-order valence-electron chi connectivity index (χ1n) is 8.67. The normalized spacial score (nSPS) is 16.9. The topological polar surface area (TPSA) is 113 Å². The molecule has 0 saturated heterocycles. The fraction of sp³-hybridized carbons (Fsp3) is 0.556. The van der Waals surface area contributed by atoms with Gasteiger partial charge >= 0.3 is 5.97 Å². The van der Waals surface area contributed by atoms with E-state index in [0.29, 0.717) is 12.5 Å². The van der Waals surface area contributed by atoms with Crippen LogP contribution in [0, 0.1) is 11.8 Å². The van der Waals surface area contributed by atoms with Crippen LogP contribution >= 0.6 is 0 Å². The van der Waals surface area contributed by atoms with E-state index in [2.05, 4.69) is 10.0 Å². The highest BCUT2D eigenvalue weighted by Gasteiger charge is 2.33. The van der Waals surface area contributed by atoms with Gasteiger partial charge < -0.3 is 10.4 Å². The predicted octanol–water partition coefficient (Wildman–Crippen LogP) is 1.99. The Morgan fingerprint density at radius 2 is 1.96 bits per heavy atom. The molecule has 1 unspecified atom stereocenters. The van der Waals surface area contributed by atoms with E-state index < -0.39 is 27.4 Å². The molecule has 26 heavy (non-hydrogen) atoms. The van der Waals surface area contributed by atoms with Gasteiger partial charge in [-0.1, -0.05) is 19.9 Å². The second-order valence-corrected chi connectivity index (χ2v) is 9.19. The van der Waals surface area contributed by atoms with Crippen LogP contribution in [0.4, 0.5) is 0 Å². The predicted molar refractivity (Wildman–Crippen MR) is 97.3 cm³/mol. The number of nitrogens with one attached hydrogen (secondary N) is 2. The third-order valence-corrected chi connectivity index (χ3v) is 6.28. The van der Waals surface area contributed by atoms with E-state index in [1.807, 2.05) is 13.8 Å². The van der Waals surface area contributed by atoms with Gasteiger partial charge in [-0.25, -0.2) is 13.1 Å². The molecule has 1 saturated carbocycles. The smallest absolute Gasteiger partial charge is 0.305 e. The van der Waals surface area contributed by atoms with Crippen LogP contribution in [-0.2, 0) is 14.8 Å². The van der Waals surface area contributed by atoms with Crippen molar-refractivity contribution in [1.82, 2.24) is 10.0 Å². The van der Waals surface area contributed by atoms with Crippen molar-refractivity contribution in [2.75, 3.05) is 6.54 Å². The molecular formula is C18H26N2O5S. The van der Waals surface area contributed by atoms with Crippen LogP contribution in [0.1, 0.15) is 50.4 Å². The molecule has 0 spiro atoms. The van der Waals surface area contributed by atoms with Crippen molar-refractivity contribution >= 4 is 21.9 Å². The van der Waals surface area contributed by atoms with Crippen molar-refractivity contribution in [3.05, 3.63) is 29.8 Å². The number of carbonyl (C=O) groups excluding carboxylic acids is 1. The zero-order chi connectivity index (χ0) is 19.5. The van der Waals surface area contributed by atoms with Crippen LogP contribution in [0.5, 0.6) is 0 Å². The Kier molecular flexibility index (Phi) is 6.08. The first-order valence-corrected chi connectivity index (χ1v) is 10.2. The highest BCUT2D eigenvalue weighted by Crippen LogP contribution is 2.28. The summed E-state index contributed by atoms with van der Waals surface area (Å²) < 4.78 is 27.3. The number of amides is 1. The molecule has 1 atom stereocenters. The number of sulfonamides is 1. The summed E-state index contributed by atoms with van der Waals surface area (Å²) in [6.45, 7) is 5.72. The first-order chi connectivity index (χ1) is 12.0. The van der Waals surface area contributed by atoms with Crippen LogP contribution in [0.25, 0.3) is 0 Å². The molecule has 1 aliphatic carbocycles. The van der Waals surface area contributed by atoms with Gasteiger partial charge in [0.25, 0.3) is 5.91 Å². The van der Waals surface area contributed by atoms with Gasteiger partial charge in [0.2, 0.25) is 10.0 Å². The number of carboxylic acid groups (broad SMARTS) is 1. The lowest BCUT2D eigenvalue weighted by Gasteiger charge is -2.33. The van der Waals surface area contributed by atoms with Gasteiger partial charge in [0.15, 0.2) is 0 Å². The summed E-state index contributed by atoms with van der Waals surface area (Å²) in [5.74, 6) is -1.22. The lowest BCUT2D eigenvalue weighted by atomic mass is 9.85. The molecule has 0 radical (unpaired) electrons. The molecule has 0 aliphatic heterocycles. The van der Waals surface area contributed by atoms with Gasteiger partial charge in [0, 0.05) is 12.1 Å². The summed E-state index contributed by atoms with van der Waals surface area (Å²) in [5, 5.41) is 11.8. The van der Waals surface area contributed by atoms with Crippen molar-refractivity contribution in [2.45, 2.75) is 50.5 Å². The summed E-state index contributed by atoms with van der Waals surface area (Å²) in [4.78, 5) is 23.7. The molecule has 1 fully saturated rings. The Hall–Kier alpha value is -1.93. The van der Waals surface area contributed by atoms with Crippen molar-refractivity contribution in [3.63, 3.8) is 0 Å². The average Bonchev–Trinajstić information content (AvgIpc) is 3.36. The molecule has 0 heterocycles. The summed E-state index contributed by atoms with van der Waals surface area (Å²) in [7, 11) is -3.67. The Morgan fingerprint density at radius 3 is 2.50 bits per heavy atom. The molecule has 3 N–H and O–H groups in total. The third-order valence-electron chi connectivity index (χ3n) is 4.86. The van der Waals surface area contributed by atoms with Crippen molar-refractivity contribution in [1.29, 1.82) is 0 Å². The Labute approximate surface area is 154 Å². The summed E-state index contributed by atoms with van der Waals surface area (Å²) in [5.41, 5.74) is -0.765. The number of benzene rings is 1. The largest absolute Gasteiger partial charge is 0.481 e. The monoisotopic (exact) mass is 382 g/mol. The lowest BCUT2D eigenvalue weighted by molar-refractivity contribution is -0.138. The fourth-order valence-corrected chi connectivity index (χ4v) is 3.64. The van der Waals surface area contributed by atoms with Crippen LogP contribution < -0.4 is 10.0 Å². The molecule has 144 valence electrons. The minimum atomic E-state index is -3.67. The molecular weight excluding hydrogens is 356 g/mol. The van der Waals surface area contributed by atoms with Crippen molar-refractivity contribution in [3.8, 4) is 0 Å². The summed E-state index contributed by atoms with van der Waals surface area (Å²) in [6, 6.07) is 5.76. The van der Waals surface area contributed by atoms with E-state index in [4.69, 9.17) is 5.11 Å². The maximum atomic E-state index is 12.6. The fourth-order valence-electron chi connectivity index (χ4n) is 2.48. The van der Waals surface area contributed by atoms with E-state index in [0.717, 1.165) is 12.8 Å². The van der Waals surface area contributed by atoms with Gasteiger partial charge in [-0.05, 0) is 49.8 Å². The zero-order valence-electron chi connectivity index (χ0n) is 15.3. The SMILES string of the molecule is CC(C)C(C)(CC(=O)O)NC(=O)c1cccc(S(=O)(=O)NCC2CC2)c1. The second kappa shape index (κ2) is 7.75. The summed E-state index contributed by atoms with van der Waals surface area (Å²) >= 11 is 0. The Morgan fingerprint density at radius 1 is 1.31 bits per heavy atom. The Balaban J connectivity index is 2.17. The van der Waals surface area contributed by atoms with E-state index in [1.54, 1.807) is 6.92 Å². The van der Waals surface area contributed by atoms with Crippen LogP contribution in [0.15, 0.2) is 29.2 Å². The van der Waals surface area contributed by atoms with Gasteiger partial charge in [-0.3, -0.25) is 9.59 Å². The van der Waals surface area contributed by atoms with Gasteiger partial charge in [-0.2, -0.15) is 0 Å². The zero-order valence-corrected chi connectivity index (χ0v) is 16.1. The van der Waals surface area contributed by atoms with E-state index in [1.165, 1.54) is 24.3 Å². The molecule has 2 rings (SSSR count). The maximum absolute atomic E-state index is 12.6. The maximum Gasteiger partial charge on any atom is 0.305 e. The molecule has 1 aromatic carbocycles. The number of hydrogen-bond donors (Lipinski definition) is 3. The quantitative estimate of drug-likeness (QED) is 0.605. The summed E-state index contributed by atoms with van der Waals surface area (Å²) in [6.07, 6.45) is 1.84. The highest BCUT2D eigenvalue weighted by molar-refractivity contribution is 7.89. The van der Waals surface area contributed by atoms with E-state index in [-0.39, 0.29) is 22.8 Å². The lowest BCUT2D eigenvalue weighted by Crippen LogP contribution is -2.51. The first kappa shape index (κ1) is 20.4. The number of carboxylic acids is 1. The molecule has 1 aromatic rings. The van der Waals surface area contributed by atoms with Crippen LogP contribution in [-0.4, -0.2) is 37.5 Å². The standard InChI is InChI=1S/C18H26N2O5S/c1-12(2)18(3,10-16(21)22)20-17(23)14-5-4-6-15(9-14)26(24,25)19-11-13-7-8-13/h4-6,9,12-13,19H,7-8,10-11H2,1-3H3,(H,20,23)(H,21,22). The molecule has 0 aromatic heterocycles. The number of hydrogen-bond acceptors (Lipinski definition) is 4. The number of aliphatic carboxylic acids is 1. The Bertz CT molecular complexity index is 787. The minimum absolute atomic E-state index is 0.0234. The molecule has 7 nitrogen and oxygen atoms in total. The third kappa shape index (κ3) is 5.28. The van der Waals surface area contributed by atoms with Crippen LogP contribution in [0.2, 0.25) is 0 Å². The van der Waals surface area contributed by atoms with Crippen molar-refractivity contribution < 1.29 is 23.1 Å². The minimum Gasteiger partial charge on any atom is -0.481 e. The highest BCUT2D eigenvalue weighted by atomic mass is 32.2. The van der Waals surface area contributed by atoms with Crippen LogP contribution in [0.3, 0.4) is 0 Å². The van der Waals surface area contributed by atoms with Gasteiger partial charge in [0.1, 0.15) is 0 Å². The van der Waals surface area contributed by atoms with E-state index in [9.17, 15) is 18.0 Å². The average molecular weight is 382 g/mol.